The highest BCUT2D eigenvalue weighted by Crippen LogP contribution is 2.29. The molecule has 0 radical (unpaired) electrons. The molecule has 0 spiro atoms. The van der Waals surface area contributed by atoms with Crippen LogP contribution in [0.3, 0.4) is 0 Å². The lowest BCUT2D eigenvalue weighted by Crippen LogP contribution is -2.32. The Morgan fingerprint density at radius 1 is 1.00 bits per heavy atom. The molecular formula is C18H20F2N2O3S. The zero-order chi connectivity index (χ0) is 19.4. The number of sulfonamides is 1. The maximum absolute atomic E-state index is 14.2. The van der Waals surface area contributed by atoms with Crippen molar-refractivity contribution in [2.24, 2.45) is 0 Å². The van der Waals surface area contributed by atoms with Crippen LogP contribution in [0.2, 0.25) is 0 Å². The maximum atomic E-state index is 14.2. The normalized spacial score (nSPS) is 12.2. The average Bonchev–Trinajstić information content (AvgIpc) is 2.63. The minimum absolute atomic E-state index is 0.0361. The molecule has 0 fully saturated rings. The van der Waals surface area contributed by atoms with Crippen LogP contribution in [0.15, 0.2) is 59.5 Å². The monoisotopic (exact) mass is 382 g/mol. The van der Waals surface area contributed by atoms with Gasteiger partial charge >= 0.3 is 5.92 Å². The summed E-state index contributed by atoms with van der Waals surface area (Å²) >= 11 is 0. The highest BCUT2D eigenvalue weighted by Gasteiger charge is 2.40. The largest absolute Gasteiger partial charge is 0.350 e. The molecule has 0 saturated heterocycles. The van der Waals surface area contributed by atoms with E-state index >= 15 is 0 Å². The predicted molar refractivity (Wildman–Crippen MR) is 95.5 cm³/mol. The molecule has 2 rings (SSSR count). The van der Waals surface area contributed by atoms with Crippen LogP contribution in [0, 0.1) is 0 Å². The smallest absolute Gasteiger partial charge is 0.321 e. The summed E-state index contributed by atoms with van der Waals surface area (Å²) in [6.45, 7) is 4.09. The molecule has 0 aliphatic carbocycles. The Morgan fingerprint density at radius 2 is 1.54 bits per heavy atom. The van der Waals surface area contributed by atoms with E-state index in [1.807, 2.05) is 0 Å². The lowest BCUT2D eigenvalue weighted by atomic mass is 10.1. The molecule has 1 amide bonds. The summed E-state index contributed by atoms with van der Waals surface area (Å²) in [6.07, 6.45) is 0. The molecule has 0 bridgehead atoms. The van der Waals surface area contributed by atoms with Crippen LogP contribution < -0.4 is 5.32 Å². The molecule has 0 saturated carbocycles. The Kier molecular flexibility index (Phi) is 6.09. The summed E-state index contributed by atoms with van der Waals surface area (Å²) in [4.78, 5) is 12.0. The van der Waals surface area contributed by atoms with Crippen molar-refractivity contribution in [1.82, 2.24) is 4.31 Å². The Bertz CT molecular complexity index is 850. The summed E-state index contributed by atoms with van der Waals surface area (Å²) in [7, 11) is -3.65. The number of carbonyl (C=O) groups is 1. The molecule has 0 unspecified atom stereocenters. The minimum atomic E-state index is -3.70. The van der Waals surface area contributed by atoms with Crippen molar-refractivity contribution in [2.75, 3.05) is 18.4 Å². The molecule has 2 aromatic rings. The molecule has 1 N–H and O–H groups in total. The van der Waals surface area contributed by atoms with Crippen LogP contribution in [-0.2, 0) is 20.7 Å². The first-order valence-electron chi connectivity index (χ1n) is 8.08. The standard InChI is InChI=1S/C18H20F2N2O3S/c1-3-22(4-2)26(24,25)16-12-10-15(11-13-16)21-17(23)18(19,20)14-8-6-5-7-9-14/h5-13H,3-4H2,1-2H3,(H,21,23). The van der Waals surface area contributed by atoms with Gasteiger partial charge in [0, 0.05) is 24.3 Å². The van der Waals surface area contributed by atoms with Crippen LogP contribution in [0.4, 0.5) is 14.5 Å². The number of nitrogens with one attached hydrogen (secondary N) is 1. The van der Waals surface area contributed by atoms with Gasteiger partial charge in [0.25, 0.3) is 5.91 Å². The number of nitrogens with zero attached hydrogens (tertiary/aromatic N) is 1. The number of carbonyl (C=O) groups excluding carboxylic acids is 1. The van der Waals surface area contributed by atoms with E-state index in [9.17, 15) is 22.0 Å². The first kappa shape index (κ1) is 20.0. The fourth-order valence-corrected chi connectivity index (χ4v) is 3.87. The quantitative estimate of drug-likeness (QED) is 0.798. The van der Waals surface area contributed by atoms with Gasteiger partial charge in [-0.15, -0.1) is 0 Å². The van der Waals surface area contributed by atoms with Gasteiger partial charge in [-0.25, -0.2) is 8.42 Å². The van der Waals surface area contributed by atoms with Gasteiger partial charge < -0.3 is 5.32 Å². The maximum Gasteiger partial charge on any atom is 0.350 e. The molecule has 5 nitrogen and oxygen atoms in total. The highest BCUT2D eigenvalue weighted by atomic mass is 32.2. The van der Waals surface area contributed by atoms with Crippen molar-refractivity contribution in [2.45, 2.75) is 24.7 Å². The molecular weight excluding hydrogens is 362 g/mol. The molecule has 0 aliphatic heterocycles. The van der Waals surface area contributed by atoms with Crippen LogP contribution in [-0.4, -0.2) is 31.7 Å². The number of benzene rings is 2. The van der Waals surface area contributed by atoms with Gasteiger partial charge in [-0.1, -0.05) is 44.2 Å². The zero-order valence-corrected chi connectivity index (χ0v) is 15.3. The van der Waals surface area contributed by atoms with Gasteiger partial charge in [0.15, 0.2) is 0 Å². The summed E-state index contributed by atoms with van der Waals surface area (Å²) in [5, 5.41) is 2.12. The minimum Gasteiger partial charge on any atom is -0.321 e. The zero-order valence-electron chi connectivity index (χ0n) is 14.4. The summed E-state index contributed by atoms with van der Waals surface area (Å²) in [5.41, 5.74) is -0.331. The van der Waals surface area contributed by atoms with Crippen molar-refractivity contribution in [3.63, 3.8) is 0 Å². The van der Waals surface area contributed by atoms with Gasteiger partial charge in [0.1, 0.15) is 0 Å². The lowest BCUT2D eigenvalue weighted by Gasteiger charge is -2.19. The van der Waals surface area contributed by atoms with Crippen LogP contribution >= 0.6 is 0 Å². The molecule has 0 atom stereocenters. The number of anilines is 1. The van der Waals surface area contributed by atoms with Crippen molar-refractivity contribution in [1.29, 1.82) is 0 Å². The van der Waals surface area contributed by atoms with Crippen molar-refractivity contribution in [3.05, 3.63) is 60.2 Å². The van der Waals surface area contributed by atoms with Crippen LogP contribution in [0.5, 0.6) is 0 Å². The number of hydrogen-bond donors (Lipinski definition) is 1. The highest BCUT2D eigenvalue weighted by molar-refractivity contribution is 7.89. The average molecular weight is 382 g/mol. The first-order chi connectivity index (χ1) is 12.2. The first-order valence-corrected chi connectivity index (χ1v) is 9.52. The number of halogens is 2. The van der Waals surface area contributed by atoms with E-state index in [1.54, 1.807) is 19.9 Å². The van der Waals surface area contributed by atoms with E-state index in [4.69, 9.17) is 0 Å². The lowest BCUT2D eigenvalue weighted by molar-refractivity contribution is -0.140. The van der Waals surface area contributed by atoms with E-state index in [2.05, 4.69) is 5.32 Å². The third-order valence-electron chi connectivity index (χ3n) is 3.88. The van der Waals surface area contributed by atoms with Crippen molar-refractivity contribution < 1.29 is 22.0 Å². The van der Waals surface area contributed by atoms with E-state index in [0.717, 1.165) is 0 Å². The SMILES string of the molecule is CCN(CC)S(=O)(=O)c1ccc(NC(=O)C(F)(F)c2ccccc2)cc1. The van der Waals surface area contributed by atoms with Gasteiger partial charge in [0.2, 0.25) is 10.0 Å². The second-order valence-corrected chi connectivity index (χ2v) is 7.45. The Balaban J connectivity index is 2.18. The molecule has 8 heteroatoms. The van der Waals surface area contributed by atoms with Crippen LogP contribution in [0.1, 0.15) is 19.4 Å². The van der Waals surface area contributed by atoms with Crippen molar-refractivity contribution in [3.8, 4) is 0 Å². The van der Waals surface area contributed by atoms with Gasteiger partial charge in [0.05, 0.1) is 4.90 Å². The third kappa shape index (κ3) is 4.08. The Morgan fingerprint density at radius 3 is 2.04 bits per heavy atom. The van der Waals surface area contributed by atoms with Crippen LogP contribution in [0.25, 0.3) is 0 Å². The molecule has 0 heterocycles. The second kappa shape index (κ2) is 7.92. The second-order valence-electron chi connectivity index (χ2n) is 5.51. The van der Waals surface area contributed by atoms with E-state index < -0.39 is 27.4 Å². The Hall–Kier alpha value is -2.32. The molecule has 26 heavy (non-hydrogen) atoms. The van der Waals surface area contributed by atoms with E-state index in [-0.39, 0.29) is 10.6 Å². The third-order valence-corrected chi connectivity index (χ3v) is 5.94. The molecule has 2 aromatic carbocycles. The number of rotatable bonds is 7. The van der Waals surface area contributed by atoms with Gasteiger partial charge in [-0.05, 0) is 24.3 Å². The Labute approximate surface area is 151 Å². The predicted octanol–water partition coefficient (Wildman–Crippen LogP) is 3.45. The van der Waals surface area contributed by atoms with Gasteiger partial charge in [-0.3, -0.25) is 4.79 Å². The molecule has 140 valence electrons. The van der Waals surface area contributed by atoms with E-state index in [0.29, 0.717) is 13.1 Å². The van der Waals surface area contributed by atoms with Gasteiger partial charge in [-0.2, -0.15) is 13.1 Å². The van der Waals surface area contributed by atoms with E-state index in [1.165, 1.54) is 52.8 Å². The molecule has 0 aromatic heterocycles. The fraction of sp³-hybridized carbons (Fsp3) is 0.278. The molecule has 0 aliphatic rings. The summed E-state index contributed by atoms with van der Waals surface area (Å²) in [6, 6.07) is 11.9. The summed E-state index contributed by atoms with van der Waals surface area (Å²) < 4.78 is 54.4. The number of alkyl halides is 2. The topological polar surface area (TPSA) is 66.5 Å². The van der Waals surface area contributed by atoms with Crippen molar-refractivity contribution >= 4 is 21.6 Å². The fourth-order valence-electron chi connectivity index (χ4n) is 2.41. The summed E-state index contributed by atoms with van der Waals surface area (Å²) in [5.74, 6) is -5.18. The number of amides is 1. The number of hydrogen-bond acceptors (Lipinski definition) is 3.